The Labute approximate surface area is 192 Å². The maximum Gasteiger partial charge on any atom is 0.419 e. The molecule has 0 aliphatic carbocycles. The molecule has 1 amide bonds. The summed E-state index contributed by atoms with van der Waals surface area (Å²) >= 11 is 0. The minimum Gasteiger partial charge on any atom is -0.383 e. The fourth-order valence-corrected chi connectivity index (χ4v) is 3.51. The van der Waals surface area contributed by atoms with Gasteiger partial charge in [-0.2, -0.15) is 26.3 Å². The molecule has 5 N–H and O–H groups in total. The van der Waals surface area contributed by atoms with Crippen molar-refractivity contribution in [3.8, 4) is 22.4 Å². The zero-order chi connectivity index (χ0) is 25.7. The average molecular weight is 495 g/mol. The van der Waals surface area contributed by atoms with Crippen LogP contribution >= 0.6 is 0 Å². The Hall–Kier alpha value is -4.36. The van der Waals surface area contributed by atoms with E-state index < -0.39 is 41.0 Å². The van der Waals surface area contributed by atoms with Crippen LogP contribution in [0.5, 0.6) is 0 Å². The number of carbonyl (C=O) groups is 1. The summed E-state index contributed by atoms with van der Waals surface area (Å²) in [5.74, 6) is -1.91. The number of halogens is 6. The van der Waals surface area contributed by atoms with Gasteiger partial charge in [-0.3, -0.25) is 9.20 Å². The van der Waals surface area contributed by atoms with E-state index >= 15 is 0 Å². The molecule has 0 aromatic carbocycles. The van der Waals surface area contributed by atoms with E-state index in [-0.39, 0.29) is 33.8 Å². The molecule has 35 heavy (non-hydrogen) atoms. The van der Waals surface area contributed by atoms with E-state index in [1.165, 1.54) is 29.7 Å². The van der Waals surface area contributed by atoms with E-state index in [0.29, 0.717) is 0 Å². The molecule has 4 aromatic heterocycles. The summed E-state index contributed by atoms with van der Waals surface area (Å²) in [5.41, 5.74) is 8.43. The topological polar surface area (TPSA) is 124 Å². The number of aromatic nitrogens is 4. The van der Waals surface area contributed by atoms with Gasteiger partial charge in [0.15, 0.2) is 5.82 Å². The zero-order valence-corrected chi connectivity index (χ0v) is 17.7. The Bertz CT molecular complexity index is 1460. The average Bonchev–Trinajstić information content (AvgIpc) is 3.14. The van der Waals surface area contributed by atoms with Crippen LogP contribution in [0.3, 0.4) is 0 Å². The van der Waals surface area contributed by atoms with Crippen LogP contribution in [0.2, 0.25) is 0 Å². The Morgan fingerprint density at radius 1 is 0.914 bits per heavy atom. The van der Waals surface area contributed by atoms with Crippen LogP contribution in [0, 0.1) is 0 Å². The van der Waals surface area contributed by atoms with Gasteiger partial charge in [-0.25, -0.2) is 15.0 Å². The summed E-state index contributed by atoms with van der Waals surface area (Å²) in [4.78, 5) is 22.9. The number of nitrogen functional groups attached to an aromatic ring is 2. The van der Waals surface area contributed by atoms with Crippen molar-refractivity contribution in [2.45, 2.75) is 19.3 Å². The van der Waals surface area contributed by atoms with Crippen LogP contribution in [-0.4, -0.2) is 25.3 Å². The molecule has 4 aromatic rings. The predicted octanol–water partition coefficient (Wildman–Crippen LogP) is 4.62. The minimum atomic E-state index is -4.84. The number of nitrogens with one attached hydrogen (secondary N) is 1. The van der Waals surface area contributed by atoms with Gasteiger partial charge in [0.25, 0.3) is 0 Å². The second-order valence-corrected chi connectivity index (χ2v) is 7.44. The number of nitrogens with zero attached hydrogens (tertiary/aromatic N) is 4. The van der Waals surface area contributed by atoms with Gasteiger partial charge in [0.05, 0.1) is 23.0 Å². The Kier molecular flexibility index (Phi) is 5.53. The third kappa shape index (κ3) is 4.54. The summed E-state index contributed by atoms with van der Waals surface area (Å²) in [7, 11) is 0. The molecule has 0 unspecified atom stereocenters. The highest BCUT2D eigenvalue weighted by Crippen LogP contribution is 2.40. The SMILES string of the molecule is CC(=O)Nc1cn2c(-c3cnc(N)c(C(F)(F)F)c3)c(-c3cnc(N)c(C(F)(F)F)c3)ccc2n1. The molecule has 0 radical (unpaired) electrons. The Morgan fingerprint density at radius 2 is 1.46 bits per heavy atom. The fraction of sp³-hybridized carbons (Fsp3) is 0.143. The second-order valence-electron chi connectivity index (χ2n) is 7.44. The second kappa shape index (κ2) is 8.14. The number of nitrogens with two attached hydrogens (primary N) is 2. The number of hydrogen-bond donors (Lipinski definition) is 3. The highest BCUT2D eigenvalue weighted by atomic mass is 19.4. The number of carbonyl (C=O) groups excluding carboxylic acids is 1. The number of amides is 1. The highest BCUT2D eigenvalue weighted by molar-refractivity contribution is 5.89. The van der Waals surface area contributed by atoms with Gasteiger partial charge in [-0.05, 0) is 24.3 Å². The van der Waals surface area contributed by atoms with Crippen LogP contribution in [0.1, 0.15) is 18.1 Å². The lowest BCUT2D eigenvalue weighted by Crippen LogP contribution is -2.11. The van der Waals surface area contributed by atoms with Crippen molar-refractivity contribution >= 4 is 29.0 Å². The molecule has 14 heteroatoms. The number of rotatable bonds is 3. The van der Waals surface area contributed by atoms with Crippen LogP contribution in [0.4, 0.5) is 43.8 Å². The normalized spacial score (nSPS) is 12.2. The number of anilines is 3. The van der Waals surface area contributed by atoms with Crippen molar-refractivity contribution in [3.05, 3.63) is 54.0 Å². The zero-order valence-electron chi connectivity index (χ0n) is 17.7. The molecule has 0 bridgehead atoms. The summed E-state index contributed by atoms with van der Waals surface area (Å²) in [6.07, 6.45) is -6.23. The molecule has 8 nitrogen and oxygen atoms in total. The summed E-state index contributed by atoms with van der Waals surface area (Å²) in [6.45, 7) is 1.23. The Balaban J connectivity index is 2.05. The molecule has 0 spiro atoms. The van der Waals surface area contributed by atoms with Gasteiger partial charge in [0.2, 0.25) is 5.91 Å². The monoisotopic (exact) mass is 495 g/mol. The summed E-state index contributed by atoms with van der Waals surface area (Å²) in [5, 5.41) is 2.45. The van der Waals surface area contributed by atoms with Crippen molar-refractivity contribution in [1.82, 2.24) is 19.4 Å². The smallest absolute Gasteiger partial charge is 0.383 e. The molecule has 182 valence electrons. The molecular formula is C21H15F6N7O. The molecular weight excluding hydrogens is 480 g/mol. The molecule has 0 aliphatic rings. The van der Waals surface area contributed by atoms with Crippen LogP contribution < -0.4 is 16.8 Å². The lowest BCUT2D eigenvalue weighted by molar-refractivity contribution is -0.137. The first kappa shape index (κ1) is 23.8. The van der Waals surface area contributed by atoms with E-state index in [2.05, 4.69) is 20.3 Å². The van der Waals surface area contributed by atoms with Crippen LogP contribution in [-0.2, 0) is 17.1 Å². The fourth-order valence-electron chi connectivity index (χ4n) is 3.51. The number of fused-ring (bicyclic) bond motifs is 1. The molecule has 0 atom stereocenters. The van der Waals surface area contributed by atoms with Gasteiger partial charge in [0.1, 0.15) is 17.3 Å². The first-order chi connectivity index (χ1) is 16.3. The number of alkyl halides is 6. The van der Waals surface area contributed by atoms with Gasteiger partial charge < -0.3 is 16.8 Å². The molecule has 0 aliphatic heterocycles. The van der Waals surface area contributed by atoms with E-state index in [1.807, 2.05) is 0 Å². The van der Waals surface area contributed by atoms with E-state index in [9.17, 15) is 31.1 Å². The van der Waals surface area contributed by atoms with Gasteiger partial charge >= 0.3 is 12.4 Å². The largest absolute Gasteiger partial charge is 0.419 e. The van der Waals surface area contributed by atoms with E-state index in [4.69, 9.17) is 11.5 Å². The van der Waals surface area contributed by atoms with E-state index in [0.717, 1.165) is 24.5 Å². The van der Waals surface area contributed by atoms with Crippen LogP contribution in [0.15, 0.2) is 42.9 Å². The Morgan fingerprint density at radius 3 is 2.00 bits per heavy atom. The molecule has 0 saturated carbocycles. The predicted molar refractivity (Wildman–Crippen MR) is 115 cm³/mol. The van der Waals surface area contributed by atoms with Gasteiger partial charge in [0, 0.05) is 36.0 Å². The van der Waals surface area contributed by atoms with Crippen LogP contribution in [0.25, 0.3) is 28.0 Å². The molecule has 4 heterocycles. The van der Waals surface area contributed by atoms with E-state index in [1.54, 1.807) is 0 Å². The summed E-state index contributed by atoms with van der Waals surface area (Å²) < 4.78 is 82.2. The minimum absolute atomic E-state index is 0.00398. The standard InChI is InChI=1S/C21H15F6N7O/c1-9(35)32-15-8-34-16(33-15)3-2-12(10-4-13(20(22,23)24)18(28)30-6-10)17(34)11-5-14(21(25,26)27)19(29)31-7-11/h2-8H,1H3,(H2,28,30)(H2,29,31)(H,32,35). The molecule has 0 fully saturated rings. The quantitative estimate of drug-likeness (QED) is 0.357. The van der Waals surface area contributed by atoms with Crippen molar-refractivity contribution < 1.29 is 31.1 Å². The third-order valence-corrected chi connectivity index (χ3v) is 4.96. The highest BCUT2D eigenvalue weighted by Gasteiger charge is 2.36. The first-order valence-corrected chi connectivity index (χ1v) is 9.71. The van der Waals surface area contributed by atoms with Crippen molar-refractivity contribution in [3.63, 3.8) is 0 Å². The van der Waals surface area contributed by atoms with Gasteiger partial charge in [-0.1, -0.05) is 0 Å². The van der Waals surface area contributed by atoms with Crippen molar-refractivity contribution in [2.75, 3.05) is 16.8 Å². The maximum absolute atomic E-state index is 13.5. The number of hydrogen-bond acceptors (Lipinski definition) is 6. The first-order valence-electron chi connectivity index (χ1n) is 9.71. The number of imidazole rings is 1. The lowest BCUT2D eigenvalue weighted by atomic mass is 9.98. The lowest BCUT2D eigenvalue weighted by Gasteiger charge is -2.17. The molecule has 0 saturated heterocycles. The molecule has 4 rings (SSSR count). The number of pyridine rings is 3. The third-order valence-electron chi connectivity index (χ3n) is 4.96. The van der Waals surface area contributed by atoms with Crippen molar-refractivity contribution in [2.24, 2.45) is 0 Å². The summed E-state index contributed by atoms with van der Waals surface area (Å²) in [6, 6.07) is 4.26. The maximum atomic E-state index is 13.5. The van der Waals surface area contributed by atoms with Gasteiger partial charge in [-0.15, -0.1) is 0 Å². The van der Waals surface area contributed by atoms with Crippen molar-refractivity contribution in [1.29, 1.82) is 0 Å².